The average Bonchev–Trinajstić information content (AvgIpc) is 3.05. The van der Waals surface area contributed by atoms with Crippen LogP contribution in [0.3, 0.4) is 0 Å². The molecule has 0 saturated carbocycles. The van der Waals surface area contributed by atoms with E-state index in [1.807, 2.05) is 11.6 Å². The lowest BCUT2D eigenvalue weighted by Gasteiger charge is -2.46. The largest absolute Gasteiger partial charge is 0.481 e. The third-order valence-electron chi connectivity index (χ3n) is 3.96. The van der Waals surface area contributed by atoms with E-state index >= 15 is 0 Å². The second kappa shape index (κ2) is 5.46. The summed E-state index contributed by atoms with van der Waals surface area (Å²) in [6, 6.07) is 2.05. The van der Waals surface area contributed by atoms with Crippen LogP contribution >= 0.6 is 11.3 Å². The number of hydrogen-bond acceptors (Lipinski definition) is 4. The number of rotatable bonds is 6. The molecule has 2 N–H and O–H groups in total. The van der Waals surface area contributed by atoms with Gasteiger partial charge in [0.25, 0.3) is 0 Å². The molecule has 1 saturated heterocycles. The Morgan fingerprint density at radius 2 is 2.43 bits per heavy atom. The van der Waals surface area contributed by atoms with Gasteiger partial charge < -0.3 is 5.11 Å². The first-order valence-corrected chi connectivity index (χ1v) is 7.70. The molecule has 2 aromatic rings. The highest BCUT2D eigenvalue weighted by molar-refractivity contribution is 7.08. The Balaban J connectivity index is 1.69. The summed E-state index contributed by atoms with van der Waals surface area (Å²) < 4.78 is 0. The Labute approximate surface area is 126 Å². The van der Waals surface area contributed by atoms with Crippen molar-refractivity contribution in [2.24, 2.45) is 5.41 Å². The normalized spacial score (nSPS) is 17.3. The molecule has 5 nitrogen and oxygen atoms in total. The topological polar surface area (TPSA) is 69.2 Å². The second-order valence-electron chi connectivity index (χ2n) is 5.51. The van der Waals surface area contributed by atoms with E-state index in [2.05, 4.69) is 33.1 Å². The number of aromatic amines is 1. The van der Waals surface area contributed by atoms with E-state index in [4.69, 9.17) is 0 Å². The molecule has 0 bridgehead atoms. The highest BCUT2D eigenvalue weighted by atomic mass is 32.1. The predicted molar refractivity (Wildman–Crippen MR) is 82.1 cm³/mol. The van der Waals surface area contributed by atoms with E-state index in [1.54, 1.807) is 17.4 Å². The summed E-state index contributed by atoms with van der Waals surface area (Å²) in [5.74, 6) is -0.732. The number of allylic oxidation sites excluding steroid dienone is 1. The van der Waals surface area contributed by atoms with Gasteiger partial charge in [-0.15, -0.1) is 6.58 Å². The first kappa shape index (κ1) is 14.0. The number of carboxylic acids is 1. The van der Waals surface area contributed by atoms with Crippen LogP contribution in [-0.4, -0.2) is 39.3 Å². The van der Waals surface area contributed by atoms with E-state index in [0.29, 0.717) is 26.1 Å². The number of likely N-dealkylation sites (tertiary alicyclic amines) is 1. The Morgan fingerprint density at radius 1 is 1.62 bits per heavy atom. The molecular formula is C15H17N3O2S. The number of nitrogens with one attached hydrogen (secondary N) is 1. The van der Waals surface area contributed by atoms with Crippen molar-refractivity contribution in [3.8, 4) is 11.3 Å². The number of aromatic nitrogens is 2. The minimum absolute atomic E-state index is 0.515. The SMILES string of the molecule is C=CCC1(C(=O)O)CN(Cc2cn[nH]c2-c2ccsc2)C1. The molecule has 1 aliphatic rings. The van der Waals surface area contributed by atoms with Crippen molar-refractivity contribution in [1.29, 1.82) is 0 Å². The van der Waals surface area contributed by atoms with Crippen molar-refractivity contribution in [2.45, 2.75) is 13.0 Å². The number of carboxylic acid groups (broad SMARTS) is 1. The number of hydrogen-bond donors (Lipinski definition) is 2. The van der Waals surface area contributed by atoms with Crippen LogP contribution < -0.4 is 0 Å². The maximum absolute atomic E-state index is 11.4. The maximum Gasteiger partial charge on any atom is 0.312 e. The molecular weight excluding hydrogens is 286 g/mol. The Kier molecular flexibility index (Phi) is 3.65. The third-order valence-corrected chi connectivity index (χ3v) is 4.65. The zero-order chi connectivity index (χ0) is 14.9. The molecule has 0 unspecified atom stereocenters. The highest BCUT2D eigenvalue weighted by Gasteiger charge is 2.48. The summed E-state index contributed by atoms with van der Waals surface area (Å²) in [4.78, 5) is 13.5. The van der Waals surface area contributed by atoms with Gasteiger partial charge >= 0.3 is 5.97 Å². The smallest absolute Gasteiger partial charge is 0.312 e. The first-order valence-electron chi connectivity index (χ1n) is 6.76. The number of H-pyrrole nitrogens is 1. The third kappa shape index (κ3) is 2.52. The highest BCUT2D eigenvalue weighted by Crippen LogP contribution is 2.36. The van der Waals surface area contributed by atoms with E-state index < -0.39 is 11.4 Å². The summed E-state index contributed by atoms with van der Waals surface area (Å²) in [6.07, 6.45) is 4.03. The zero-order valence-electron chi connectivity index (χ0n) is 11.6. The van der Waals surface area contributed by atoms with E-state index in [9.17, 15) is 9.90 Å². The van der Waals surface area contributed by atoms with Crippen LogP contribution in [0.25, 0.3) is 11.3 Å². The van der Waals surface area contributed by atoms with Crippen molar-refractivity contribution in [3.05, 3.63) is 41.2 Å². The number of thiophene rings is 1. The Morgan fingerprint density at radius 3 is 3.05 bits per heavy atom. The van der Waals surface area contributed by atoms with Crippen molar-refractivity contribution in [2.75, 3.05) is 13.1 Å². The lowest BCUT2D eigenvalue weighted by molar-refractivity contribution is -0.160. The van der Waals surface area contributed by atoms with Gasteiger partial charge in [0.2, 0.25) is 0 Å². The molecule has 0 aliphatic carbocycles. The lowest BCUT2D eigenvalue weighted by atomic mass is 9.76. The van der Waals surface area contributed by atoms with Crippen LogP contribution in [0.15, 0.2) is 35.7 Å². The van der Waals surface area contributed by atoms with Gasteiger partial charge in [-0.3, -0.25) is 14.8 Å². The standard InChI is InChI=1S/C15H17N3O2S/c1-2-4-15(14(19)20)9-18(10-15)7-12-6-16-17-13(12)11-3-5-21-8-11/h2-3,5-6,8H,1,4,7,9-10H2,(H,16,17)(H,19,20). The fraction of sp³-hybridized carbons (Fsp3) is 0.333. The van der Waals surface area contributed by atoms with Crippen LogP contribution in [0.2, 0.25) is 0 Å². The molecule has 1 aliphatic heterocycles. The maximum atomic E-state index is 11.4. The van der Waals surface area contributed by atoms with Gasteiger partial charge in [-0.2, -0.15) is 16.4 Å². The summed E-state index contributed by atoms with van der Waals surface area (Å²) in [5.41, 5.74) is 2.59. The minimum Gasteiger partial charge on any atom is -0.481 e. The lowest BCUT2D eigenvalue weighted by Crippen LogP contribution is -2.59. The molecule has 0 radical (unpaired) electrons. The predicted octanol–water partition coefficient (Wildman–Crippen LogP) is 2.60. The van der Waals surface area contributed by atoms with E-state index in [-0.39, 0.29) is 0 Å². The van der Waals surface area contributed by atoms with Gasteiger partial charge in [0.15, 0.2) is 0 Å². The number of nitrogens with zero attached hydrogens (tertiary/aromatic N) is 2. The van der Waals surface area contributed by atoms with Crippen LogP contribution in [0, 0.1) is 5.41 Å². The Bertz CT molecular complexity index is 642. The molecule has 3 rings (SSSR count). The van der Waals surface area contributed by atoms with Gasteiger partial charge in [0, 0.05) is 36.1 Å². The molecule has 0 amide bonds. The van der Waals surface area contributed by atoms with Gasteiger partial charge in [-0.25, -0.2) is 0 Å². The summed E-state index contributed by atoms with van der Waals surface area (Å²) in [6.45, 7) is 5.50. The van der Waals surface area contributed by atoms with Crippen molar-refractivity contribution >= 4 is 17.3 Å². The zero-order valence-corrected chi connectivity index (χ0v) is 12.4. The van der Waals surface area contributed by atoms with Gasteiger partial charge in [0.05, 0.1) is 17.3 Å². The molecule has 0 spiro atoms. The van der Waals surface area contributed by atoms with E-state index in [1.165, 1.54) is 0 Å². The molecule has 110 valence electrons. The summed E-state index contributed by atoms with van der Waals surface area (Å²) in [5, 5.41) is 20.6. The van der Waals surface area contributed by atoms with Gasteiger partial charge in [-0.1, -0.05) is 6.08 Å². The minimum atomic E-state index is -0.732. The van der Waals surface area contributed by atoms with Crippen LogP contribution in [0.1, 0.15) is 12.0 Å². The van der Waals surface area contributed by atoms with Crippen molar-refractivity contribution in [1.82, 2.24) is 15.1 Å². The molecule has 0 aromatic carbocycles. The fourth-order valence-electron chi connectivity index (χ4n) is 2.88. The van der Waals surface area contributed by atoms with Crippen LogP contribution in [0.4, 0.5) is 0 Å². The molecule has 1 fully saturated rings. The Hall–Kier alpha value is -1.92. The number of carbonyl (C=O) groups is 1. The fourth-order valence-corrected chi connectivity index (χ4v) is 3.52. The molecule has 6 heteroatoms. The first-order chi connectivity index (χ1) is 10.1. The number of aliphatic carboxylic acids is 1. The van der Waals surface area contributed by atoms with E-state index in [0.717, 1.165) is 16.8 Å². The molecule has 21 heavy (non-hydrogen) atoms. The quantitative estimate of drug-likeness (QED) is 0.805. The van der Waals surface area contributed by atoms with Crippen LogP contribution in [0.5, 0.6) is 0 Å². The molecule has 2 aromatic heterocycles. The van der Waals surface area contributed by atoms with Crippen LogP contribution in [-0.2, 0) is 11.3 Å². The van der Waals surface area contributed by atoms with Crippen molar-refractivity contribution in [3.63, 3.8) is 0 Å². The molecule has 3 heterocycles. The monoisotopic (exact) mass is 303 g/mol. The summed E-state index contributed by atoms with van der Waals surface area (Å²) in [7, 11) is 0. The van der Waals surface area contributed by atoms with Gasteiger partial charge in [0.1, 0.15) is 0 Å². The molecule has 0 atom stereocenters. The average molecular weight is 303 g/mol. The van der Waals surface area contributed by atoms with Crippen molar-refractivity contribution < 1.29 is 9.90 Å². The second-order valence-corrected chi connectivity index (χ2v) is 6.29. The summed E-state index contributed by atoms with van der Waals surface area (Å²) >= 11 is 1.65. The van der Waals surface area contributed by atoms with Gasteiger partial charge in [-0.05, 0) is 17.9 Å².